The van der Waals surface area contributed by atoms with Crippen LogP contribution in [0.2, 0.25) is 0 Å². The van der Waals surface area contributed by atoms with E-state index in [1.807, 2.05) is 6.92 Å². The van der Waals surface area contributed by atoms with E-state index in [0.29, 0.717) is 17.7 Å². The number of rotatable bonds is 6. The fourth-order valence-corrected chi connectivity index (χ4v) is 2.85. The maximum atomic E-state index is 13.0. The molecule has 2 aromatic carbocycles. The number of carbonyl (C=O) groups excluding carboxylic acids is 2. The van der Waals surface area contributed by atoms with Crippen LogP contribution in [-0.4, -0.2) is 25.0 Å². The minimum Gasteiger partial charge on any atom is -0.467 e. The lowest BCUT2D eigenvalue weighted by atomic mass is 10.0. The summed E-state index contributed by atoms with van der Waals surface area (Å²) in [5.74, 6) is -1.72. The molecule has 1 atom stereocenters. The first-order chi connectivity index (χ1) is 14.3. The third-order valence-electron chi connectivity index (χ3n) is 4.39. The van der Waals surface area contributed by atoms with Gasteiger partial charge in [0.25, 0.3) is 0 Å². The molecule has 1 N–H and O–H groups in total. The molecule has 0 aliphatic carbocycles. The van der Waals surface area contributed by atoms with Gasteiger partial charge in [0.1, 0.15) is 6.04 Å². The largest absolute Gasteiger partial charge is 0.467 e. The number of methoxy groups -OCH3 is 1. The minimum atomic E-state index is -5.02. The summed E-state index contributed by atoms with van der Waals surface area (Å²) in [4.78, 5) is 24.3. The number of esters is 1. The van der Waals surface area contributed by atoms with Crippen molar-refractivity contribution in [2.75, 3.05) is 7.11 Å². The van der Waals surface area contributed by atoms with E-state index in [9.17, 15) is 35.9 Å². The first kappa shape index (κ1) is 24.2. The molecule has 0 aromatic heterocycles. The van der Waals surface area contributed by atoms with Crippen LogP contribution in [0, 0.1) is 6.92 Å². The summed E-state index contributed by atoms with van der Waals surface area (Å²) < 4.78 is 82.5. The summed E-state index contributed by atoms with van der Waals surface area (Å²) in [6, 6.07) is 6.78. The van der Waals surface area contributed by atoms with Crippen molar-refractivity contribution in [3.05, 3.63) is 70.3 Å². The van der Waals surface area contributed by atoms with Gasteiger partial charge in [0.05, 0.1) is 24.7 Å². The number of aryl methyl sites for hydroxylation is 1. The first-order valence-corrected chi connectivity index (χ1v) is 9.00. The van der Waals surface area contributed by atoms with E-state index in [2.05, 4.69) is 10.1 Å². The number of hydrogen-bond donors (Lipinski definition) is 1. The number of alkyl halides is 6. The van der Waals surface area contributed by atoms with E-state index in [4.69, 9.17) is 0 Å². The Morgan fingerprint density at radius 1 is 0.903 bits per heavy atom. The molecular formula is C21H19F6NO3. The number of hydrogen-bond acceptors (Lipinski definition) is 3. The minimum absolute atomic E-state index is 0.0178. The van der Waals surface area contributed by atoms with Crippen LogP contribution in [0.15, 0.2) is 42.5 Å². The Balaban J connectivity index is 2.23. The Hall–Kier alpha value is -3.04. The second kappa shape index (κ2) is 9.40. The molecule has 1 amide bonds. The molecule has 0 bridgehead atoms. The van der Waals surface area contributed by atoms with Gasteiger partial charge < -0.3 is 10.1 Å². The van der Waals surface area contributed by atoms with Crippen molar-refractivity contribution in [1.29, 1.82) is 0 Å². The number of benzene rings is 2. The molecule has 0 aliphatic rings. The molecule has 168 valence electrons. The first-order valence-electron chi connectivity index (χ1n) is 9.00. The van der Waals surface area contributed by atoms with Crippen LogP contribution >= 0.6 is 0 Å². The topological polar surface area (TPSA) is 55.4 Å². The average molecular weight is 447 g/mol. The predicted molar refractivity (Wildman–Crippen MR) is 99.0 cm³/mol. The van der Waals surface area contributed by atoms with Gasteiger partial charge in [0.2, 0.25) is 5.91 Å². The fraction of sp³-hybridized carbons (Fsp3) is 0.333. The van der Waals surface area contributed by atoms with Crippen molar-refractivity contribution in [3.63, 3.8) is 0 Å². The predicted octanol–water partition coefficient (Wildman–Crippen LogP) is 4.48. The van der Waals surface area contributed by atoms with Crippen LogP contribution < -0.4 is 5.32 Å². The van der Waals surface area contributed by atoms with Gasteiger partial charge in [0.15, 0.2) is 0 Å². The molecule has 0 radical (unpaired) electrons. The molecule has 0 aliphatic heterocycles. The van der Waals surface area contributed by atoms with Crippen molar-refractivity contribution in [1.82, 2.24) is 5.32 Å². The molecule has 2 aromatic rings. The van der Waals surface area contributed by atoms with Crippen molar-refractivity contribution in [2.45, 2.75) is 38.2 Å². The molecule has 0 unspecified atom stereocenters. The summed E-state index contributed by atoms with van der Waals surface area (Å²) in [6.07, 6.45) is -10.8. The molecule has 0 saturated carbocycles. The van der Waals surface area contributed by atoms with Crippen molar-refractivity contribution in [3.8, 4) is 0 Å². The van der Waals surface area contributed by atoms with Gasteiger partial charge in [-0.15, -0.1) is 0 Å². The smallest absolute Gasteiger partial charge is 0.416 e. The van der Waals surface area contributed by atoms with Crippen LogP contribution in [-0.2, 0) is 39.5 Å². The van der Waals surface area contributed by atoms with E-state index < -0.39 is 53.4 Å². The number of carbonyl (C=O) groups is 2. The second-order valence-corrected chi connectivity index (χ2v) is 6.92. The van der Waals surface area contributed by atoms with Gasteiger partial charge >= 0.3 is 18.3 Å². The Labute approximate surface area is 174 Å². The van der Waals surface area contributed by atoms with Gasteiger partial charge in [-0.1, -0.05) is 29.8 Å². The van der Waals surface area contributed by atoms with Crippen LogP contribution in [0.25, 0.3) is 0 Å². The van der Waals surface area contributed by atoms with E-state index in [1.165, 1.54) is 0 Å². The highest BCUT2D eigenvalue weighted by molar-refractivity contribution is 5.85. The van der Waals surface area contributed by atoms with Crippen LogP contribution in [0.1, 0.15) is 27.8 Å². The molecule has 10 heteroatoms. The highest BCUT2D eigenvalue weighted by atomic mass is 19.4. The number of ether oxygens (including phenoxy) is 1. The lowest BCUT2D eigenvalue weighted by Gasteiger charge is -2.18. The normalized spacial score (nSPS) is 12.9. The molecule has 2 rings (SSSR count). The van der Waals surface area contributed by atoms with Gasteiger partial charge in [0, 0.05) is 6.42 Å². The molecule has 0 spiro atoms. The highest BCUT2D eigenvalue weighted by Gasteiger charge is 2.37. The second-order valence-electron chi connectivity index (χ2n) is 6.92. The van der Waals surface area contributed by atoms with Crippen LogP contribution in [0.3, 0.4) is 0 Å². The standard InChI is InChI=1S/C21H19F6NO3/c1-12-3-5-13(6-4-12)9-17(19(30)31-2)28-18(29)10-14-7-15(20(22,23)24)11-16(8-14)21(25,26)27/h3-8,11,17H,9-10H2,1-2H3,(H,28,29)/t17-/m1/s1. The van der Waals surface area contributed by atoms with Crippen LogP contribution in [0.4, 0.5) is 26.3 Å². The summed E-state index contributed by atoms with van der Waals surface area (Å²) in [6.45, 7) is 1.85. The Kier molecular flexibility index (Phi) is 7.35. The maximum absolute atomic E-state index is 13.0. The number of nitrogens with one attached hydrogen (secondary N) is 1. The summed E-state index contributed by atoms with van der Waals surface area (Å²) in [7, 11) is 1.10. The number of halogens is 6. The molecule has 0 fully saturated rings. The van der Waals surface area contributed by atoms with Gasteiger partial charge in [-0.25, -0.2) is 4.79 Å². The Morgan fingerprint density at radius 3 is 1.87 bits per heavy atom. The zero-order valence-corrected chi connectivity index (χ0v) is 16.5. The van der Waals surface area contributed by atoms with E-state index in [1.54, 1.807) is 24.3 Å². The van der Waals surface area contributed by atoms with E-state index in [0.717, 1.165) is 12.7 Å². The lowest BCUT2D eigenvalue weighted by Crippen LogP contribution is -2.43. The summed E-state index contributed by atoms with van der Waals surface area (Å²) >= 11 is 0. The molecule has 31 heavy (non-hydrogen) atoms. The van der Waals surface area contributed by atoms with Crippen LogP contribution in [0.5, 0.6) is 0 Å². The number of amides is 1. The maximum Gasteiger partial charge on any atom is 0.416 e. The SMILES string of the molecule is COC(=O)[C@@H](Cc1ccc(C)cc1)NC(=O)Cc1cc(C(F)(F)F)cc(C(F)(F)F)c1. The average Bonchev–Trinajstić information content (AvgIpc) is 2.66. The Bertz CT molecular complexity index is 903. The third kappa shape index (κ3) is 7.01. The quantitative estimate of drug-likeness (QED) is 0.525. The van der Waals surface area contributed by atoms with E-state index >= 15 is 0 Å². The van der Waals surface area contributed by atoms with Gasteiger partial charge in [-0.05, 0) is 36.2 Å². The summed E-state index contributed by atoms with van der Waals surface area (Å²) in [5.41, 5.74) is -1.88. The fourth-order valence-electron chi connectivity index (χ4n) is 2.85. The molecule has 0 saturated heterocycles. The van der Waals surface area contributed by atoms with Gasteiger partial charge in [-0.2, -0.15) is 26.3 Å². The molecular weight excluding hydrogens is 428 g/mol. The highest BCUT2D eigenvalue weighted by Crippen LogP contribution is 2.36. The van der Waals surface area contributed by atoms with E-state index in [-0.39, 0.29) is 12.5 Å². The monoisotopic (exact) mass is 447 g/mol. The zero-order valence-electron chi connectivity index (χ0n) is 16.5. The molecule has 4 nitrogen and oxygen atoms in total. The van der Waals surface area contributed by atoms with Crippen molar-refractivity contribution >= 4 is 11.9 Å². The molecule has 0 heterocycles. The van der Waals surface area contributed by atoms with Gasteiger partial charge in [-0.3, -0.25) is 4.79 Å². The summed E-state index contributed by atoms with van der Waals surface area (Å²) in [5, 5.41) is 2.32. The van der Waals surface area contributed by atoms with Crippen molar-refractivity contribution < 1.29 is 40.7 Å². The third-order valence-corrected chi connectivity index (χ3v) is 4.39. The zero-order chi connectivity index (χ0) is 23.4. The Morgan fingerprint density at radius 2 is 1.42 bits per heavy atom. The van der Waals surface area contributed by atoms with Crippen molar-refractivity contribution in [2.24, 2.45) is 0 Å². The lowest BCUT2D eigenvalue weighted by molar-refractivity contribution is -0.145.